The Bertz CT molecular complexity index is 468. The minimum Gasteiger partial charge on any atom is -0.489 e. The summed E-state index contributed by atoms with van der Waals surface area (Å²) in [5, 5.41) is 3.03. The predicted octanol–water partition coefficient (Wildman–Crippen LogP) is 2.17. The van der Waals surface area contributed by atoms with Crippen LogP contribution in [0.15, 0.2) is 18.5 Å². The summed E-state index contributed by atoms with van der Waals surface area (Å²) in [5.41, 5.74) is 0.208. The zero-order valence-electron chi connectivity index (χ0n) is 12.3. The van der Waals surface area contributed by atoms with Crippen molar-refractivity contribution in [1.82, 2.24) is 10.3 Å². The number of ether oxygens (including phenoxy) is 2. The molecule has 1 saturated heterocycles. The molecule has 1 amide bonds. The van der Waals surface area contributed by atoms with Crippen LogP contribution >= 0.6 is 0 Å². The lowest BCUT2D eigenvalue weighted by molar-refractivity contribution is 0.0272. The number of aromatic nitrogens is 1. The van der Waals surface area contributed by atoms with Crippen molar-refractivity contribution in [2.24, 2.45) is 0 Å². The van der Waals surface area contributed by atoms with Crippen LogP contribution in [0.5, 0.6) is 5.75 Å². The molecular formula is C15H22N2O3. The summed E-state index contributed by atoms with van der Waals surface area (Å²) in [5.74, 6) is 0.470. The van der Waals surface area contributed by atoms with Crippen LogP contribution in [0, 0.1) is 0 Å². The second-order valence-electron chi connectivity index (χ2n) is 5.75. The van der Waals surface area contributed by atoms with Crippen LogP contribution in [-0.2, 0) is 4.74 Å². The van der Waals surface area contributed by atoms with Crippen molar-refractivity contribution in [3.8, 4) is 5.75 Å². The topological polar surface area (TPSA) is 60.5 Å². The van der Waals surface area contributed by atoms with E-state index in [0.29, 0.717) is 17.9 Å². The van der Waals surface area contributed by atoms with E-state index in [-0.39, 0.29) is 17.6 Å². The minimum atomic E-state index is -0.301. The van der Waals surface area contributed by atoms with Gasteiger partial charge < -0.3 is 14.8 Å². The molecule has 5 nitrogen and oxygen atoms in total. The summed E-state index contributed by atoms with van der Waals surface area (Å²) in [6, 6.07) is 1.72. The van der Waals surface area contributed by atoms with Crippen molar-refractivity contribution < 1.29 is 14.3 Å². The highest BCUT2D eigenvalue weighted by molar-refractivity contribution is 5.94. The lowest BCUT2D eigenvalue weighted by Crippen LogP contribution is -2.51. The van der Waals surface area contributed by atoms with Gasteiger partial charge >= 0.3 is 0 Å². The Hall–Kier alpha value is -1.62. The maximum atomic E-state index is 12.3. The number of rotatable bonds is 4. The quantitative estimate of drug-likeness (QED) is 0.917. The molecule has 1 unspecified atom stereocenters. The first-order valence-electron chi connectivity index (χ1n) is 7.00. The molecule has 1 aromatic heterocycles. The van der Waals surface area contributed by atoms with Gasteiger partial charge in [0.25, 0.3) is 5.91 Å². The molecule has 1 fully saturated rings. The molecule has 0 radical (unpaired) electrons. The summed E-state index contributed by atoms with van der Waals surface area (Å²) in [7, 11) is 0. The first-order chi connectivity index (χ1) is 9.48. The van der Waals surface area contributed by atoms with Gasteiger partial charge in [0, 0.05) is 12.8 Å². The SMILES string of the molecule is CC(C)Oc1cncc(C(=O)NC2(C)CCCOC2)c1. The summed E-state index contributed by atoms with van der Waals surface area (Å²) in [6.45, 7) is 7.20. The summed E-state index contributed by atoms with van der Waals surface area (Å²) in [6.07, 6.45) is 5.11. The number of carbonyl (C=O) groups excluding carboxylic acids is 1. The number of hydrogen-bond donors (Lipinski definition) is 1. The highest BCUT2D eigenvalue weighted by atomic mass is 16.5. The van der Waals surface area contributed by atoms with Crippen molar-refractivity contribution in [2.75, 3.05) is 13.2 Å². The molecule has 2 rings (SSSR count). The second kappa shape index (κ2) is 6.22. The van der Waals surface area contributed by atoms with Gasteiger partial charge in [-0.3, -0.25) is 9.78 Å². The van der Waals surface area contributed by atoms with Crippen molar-refractivity contribution in [3.05, 3.63) is 24.0 Å². The third kappa shape index (κ3) is 3.93. The molecule has 1 aliphatic heterocycles. The fourth-order valence-corrected chi connectivity index (χ4v) is 2.26. The Labute approximate surface area is 119 Å². The average Bonchev–Trinajstić information content (AvgIpc) is 2.38. The molecule has 5 heteroatoms. The predicted molar refractivity (Wildman–Crippen MR) is 75.9 cm³/mol. The van der Waals surface area contributed by atoms with E-state index in [1.54, 1.807) is 18.5 Å². The van der Waals surface area contributed by atoms with E-state index in [9.17, 15) is 4.79 Å². The molecule has 1 aliphatic rings. The van der Waals surface area contributed by atoms with E-state index in [0.717, 1.165) is 19.4 Å². The fourth-order valence-electron chi connectivity index (χ4n) is 2.26. The smallest absolute Gasteiger partial charge is 0.253 e. The molecule has 1 aromatic rings. The maximum absolute atomic E-state index is 12.3. The Morgan fingerprint density at radius 2 is 2.30 bits per heavy atom. The Morgan fingerprint density at radius 3 is 2.95 bits per heavy atom. The Morgan fingerprint density at radius 1 is 1.50 bits per heavy atom. The van der Waals surface area contributed by atoms with E-state index in [1.807, 2.05) is 20.8 Å². The molecule has 1 atom stereocenters. The molecule has 0 aromatic carbocycles. The van der Waals surface area contributed by atoms with Gasteiger partial charge in [0.2, 0.25) is 0 Å². The van der Waals surface area contributed by atoms with Gasteiger partial charge in [0.15, 0.2) is 0 Å². The first-order valence-corrected chi connectivity index (χ1v) is 7.00. The van der Waals surface area contributed by atoms with Gasteiger partial charge in [-0.2, -0.15) is 0 Å². The van der Waals surface area contributed by atoms with Crippen LogP contribution in [-0.4, -0.2) is 35.7 Å². The third-order valence-electron chi connectivity index (χ3n) is 3.20. The third-order valence-corrected chi connectivity index (χ3v) is 3.20. The number of nitrogens with one attached hydrogen (secondary N) is 1. The number of amides is 1. The van der Waals surface area contributed by atoms with Crippen molar-refractivity contribution in [3.63, 3.8) is 0 Å². The average molecular weight is 278 g/mol. The van der Waals surface area contributed by atoms with Gasteiger partial charge in [0.1, 0.15) is 5.75 Å². The van der Waals surface area contributed by atoms with Gasteiger partial charge in [-0.05, 0) is 39.7 Å². The second-order valence-corrected chi connectivity index (χ2v) is 5.75. The monoisotopic (exact) mass is 278 g/mol. The number of pyridine rings is 1. The number of carbonyl (C=O) groups is 1. The summed E-state index contributed by atoms with van der Waals surface area (Å²) in [4.78, 5) is 16.4. The zero-order valence-corrected chi connectivity index (χ0v) is 12.3. The minimum absolute atomic E-state index is 0.0550. The Balaban J connectivity index is 2.05. The summed E-state index contributed by atoms with van der Waals surface area (Å²) >= 11 is 0. The maximum Gasteiger partial charge on any atom is 0.253 e. The van der Waals surface area contributed by atoms with E-state index in [1.165, 1.54) is 0 Å². The number of hydrogen-bond acceptors (Lipinski definition) is 4. The van der Waals surface area contributed by atoms with Crippen molar-refractivity contribution in [1.29, 1.82) is 0 Å². The van der Waals surface area contributed by atoms with Crippen LogP contribution in [0.1, 0.15) is 44.0 Å². The highest BCUT2D eigenvalue weighted by Gasteiger charge is 2.29. The van der Waals surface area contributed by atoms with Crippen molar-refractivity contribution in [2.45, 2.75) is 45.3 Å². The molecule has 1 N–H and O–H groups in total. The van der Waals surface area contributed by atoms with Gasteiger partial charge in [-0.25, -0.2) is 0 Å². The van der Waals surface area contributed by atoms with Gasteiger partial charge in [0.05, 0.1) is 30.0 Å². The molecule has 0 bridgehead atoms. The largest absolute Gasteiger partial charge is 0.489 e. The van der Waals surface area contributed by atoms with Crippen LogP contribution in [0.2, 0.25) is 0 Å². The first kappa shape index (κ1) is 14.8. The molecule has 2 heterocycles. The van der Waals surface area contributed by atoms with Gasteiger partial charge in [-0.15, -0.1) is 0 Å². The van der Waals surface area contributed by atoms with Crippen LogP contribution in [0.25, 0.3) is 0 Å². The Kier molecular flexibility index (Phi) is 4.60. The highest BCUT2D eigenvalue weighted by Crippen LogP contribution is 2.20. The van der Waals surface area contributed by atoms with E-state index in [4.69, 9.17) is 9.47 Å². The van der Waals surface area contributed by atoms with Gasteiger partial charge in [-0.1, -0.05) is 0 Å². The summed E-state index contributed by atoms with van der Waals surface area (Å²) < 4.78 is 11.0. The van der Waals surface area contributed by atoms with Crippen LogP contribution < -0.4 is 10.1 Å². The fraction of sp³-hybridized carbons (Fsp3) is 0.600. The lowest BCUT2D eigenvalue weighted by atomic mass is 9.94. The molecule has 0 spiro atoms. The molecular weight excluding hydrogens is 256 g/mol. The zero-order chi connectivity index (χ0) is 14.6. The van der Waals surface area contributed by atoms with E-state index < -0.39 is 0 Å². The van der Waals surface area contributed by atoms with E-state index >= 15 is 0 Å². The lowest BCUT2D eigenvalue weighted by Gasteiger charge is -2.34. The van der Waals surface area contributed by atoms with Crippen LogP contribution in [0.3, 0.4) is 0 Å². The molecule has 0 saturated carbocycles. The molecule has 0 aliphatic carbocycles. The number of nitrogens with zero attached hydrogens (tertiary/aromatic N) is 1. The molecule has 20 heavy (non-hydrogen) atoms. The molecule has 110 valence electrons. The normalized spacial score (nSPS) is 22.6. The van der Waals surface area contributed by atoms with E-state index in [2.05, 4.69) is 10.3 Å². The van der Waals surface area contributed by atoms with Crippen LogP contribution in [0.4, 0.5) is 0 Å². The van der Waals surface area contributed by atoms with Crippen molar-refractivity contribution >= 4 is 5.91 Å². The standard InChI is InChI=1S/C15H22N2O3/c1-11(2)20-13-7-12(8-16-9-13)14(18)17-15(3)5-4-6-19-10-15/h7-9,11H,4-6,10H2,1-3H3,(H,17,18).